The lowest BCUT2D eigenvalue weighted by atomic mass is 10.3. The van der Waals surface area contributed by atoms with Gasteiger partial charge in [-0.2, -0.15) is 0 Å². The molecule has 1 saturated heterocycles. The Morgan fingerprint density at radius 1 is 1.50 bits per heavy atom. The smallest absolute Gasteiger partial charge is 0.142 e. The molecule has 1 unspecified atom stereocenters. The molecule has 0 aliphatic carbocycles. The van der Waals surface area contributed by atoms with Crippen molar-refractivity contribution in [2.45, 2.75) is 6.04 Å². The number of methoxy groups -OCH3 is 1. The molecule has 1 atom stereocenters. The van der Waals surface area contributed by atoms with Gasteiger partial charge in [-0.3, -0.25) is 0 Å². The summed E-state index contributed by atoms with van der Waals surface area (Å²) in [5.41, 5.74) is 1.20. The number of nitrogens with zero attached hydrogens (tertiary/aromatic N) is 1. The Morgan fingerprint density at radius 2 is 2.29 bits per heavy atom. The summed E-state index contributed by atoms with van der Waals surface area (Å²) < 4.78 is 5.31. The van der Waals surface area contributed by atoms with Gasteiger partial charge in [0.25, 0.3) is 0 Å². The standard InChI is InChI=1S/C11H16N2O/c1-12-7-9-8-13(9)10-5-3-4-6-11(10)14-2/h3-6,9,12H,7-8H2,1-2H3. The summed E-state index contributed by atoms with van der Waals surface area (Å²) in [5, 5.41) is 3.18. The van der Waals surface area contributed by atoms with E-state index in [1.165, 1.54) is 5.69 Å². The van der Waals surface area contributed by atoms with Gasteiger partial charge in [-0.05, 0) is 19.2 Å². The number of likely N-dealkylation sites (N-methyl/N-ethyl adjacent to an activating group) is 1. The van der Waals surface area contributed by atoms with Gasteiger partial charge in [-0.1, -0.05) is 12.1 Å². The Labute approximate surface area is 84.7 Å². The van der Waals surface area contributed by atoms with E-state index < -0.39 is 0 Å². The van der Waals surface area contributed by atoms with Crippen molar-refractivity contribution in [3.63, 3.8) is 0 Å². The number of ether oxygens (including phenoxy) is 1. The third-order valence-corrected chi connectivity index (χ3v) is 2.55. The van der Waals surface area contributed by atoms with Crippen LogP contribution in [0.25, 0.3) is 0 Å². The van der Waals surface area contributed by atoms with Gasteiger partial charge in [0.2, 0.25) is 0 Å². The molecule has 3 heteroatoms. The van der Waals surface area contributed by atoms with Crippen LogP contribution < -0.4 is 15.0 Å². The van der Waals surface area contributed by atoms with E-state index in [4.69, 9.17) is 4.74 Å². The number of rotatable bonds is 4. The molecular formula is C11H16N2O. The van der Waals surface area contributed by atoms with Crippen LogP contribution in [-0.2, 0) is 0 Å². The summed E-state index contributed by atoms with van der Waals surface area (Å²) in [6, 6.07) is 8.79. The van der Waals surface area contributed by atoms with Gasteiger partial charge in [-0.25, -0.2) is 0 Å². The van der Waals surface area contributed by atoms with E-state index in [1.54, 1.807) is 7.11 Å². The molecule has 0 bridgehead atoms. The SMILES string of the molecule is CNCC1CN1c1ccccc1OC. The predicted molar refractivity (Wildman–Crippen MR) is 58.1 cm³/mol. The lowest BCUT2D eigenvalue weighted by molar-refractivity contribution is 0.416. The minimum absolute atomic E-state index is 0.635. The van der Waals surface area contributed by atoms with Gasteiger partial charge in [0.15, 0.2) is 0 Å². The maximum Gasteiger partial charge on any atom is 0.142 e. The van der Waals surface area contributed by atoms with Crippen LogP contribution in [0.2, 0.25) is 0 Å². The van der Waals surface area contributed by atoms with Crippen molar-refractivity contribution in [2.24, 2.45) is 0 Å². The van der Waals surface area contributed by atoms with Crippen molar-refractivity contribution in [1.29, 1.82) is 0 Å². The van der Waals surface area contributed by atoms with Gasteiger partial charge in [0, 0.05) is 13.1 Å². The van der Waals surface area contributed by atoms with E-state index >= 15 is 0 Å². The molecule has 1 aliphatic rings. The predicted octanol–water partition coefficient (Wildman–Crippen LogP) is 1.10. The second-order valence-electron chi connectivity index (χ2n) is 3.54. The van der Waals surface area contributed by atoms with Crippen LogP contribution in [0, 0.1) is 0 Å². The number of anilines is 1. The molecule has 0 saturated carbocycles. The Morgan fingerprint density at radius 3 is 3.00 bits per heavy atom. The van der Waals surface area contributed by atoms with Crippen LogP contribution in [0.1, 0.15) is 0 Å². The molecule has 1 N–H and O–H groups in total. The van der Waals surface area contributed by atoms with E-state index in [0.29, 0.717) is 6.04 Å². The van der Waals surface area contributed by atoms with Gasteiger partial charge in [0.1, 0.15) is 5.75 Å². The highest BCUT2D eigenvalue weighted by Crippen LogP contribution is 2.35. The molecule has 1 aromatic carbocycles. The van der Waals surface area contributed by atoms with Crippen molar-refractivity contribution in [3.05, 3.63) is 24.3 Å². The Hall–Kier alpha value is -1.22. The lowest BCUT2D eigenvalue weighted by Gasteiger charge is -2.10. The van der Waals surface area contributed by atoms with Crippen LogP contribution in [0.15, 0.2) is 24.3 Å². The fourth-order valence-electron chi connectivity index (χ4n) is 1.75. The van der Waals surface area contributed by atoms with Crippen LogP contribution in [-0.4, -0.2) is 33.3 Å². The zero-order chi connectivity index (χ0) is 9.97. The van der Waals surface area contributed by atoms with E-state index in [2.05, 4.69) is 16.3 Å². The topological polar surface area (TPSA) is 24.3 Å². The number of hydrogen-bond donors (Lipinski definition) is 1. The monoisotopic (exact) mass is 192 g/mol. The van der Waals surface area contributed by atoms with Crippen LogP contribution in [0.4, 0.5) is 5.69 Å². The Bertz CT molecular complexity index is 314. The molecular weight excluding hydrogens is 176 g/mol. The maximum absolute atomic E-state index is 5.31. The van der Waals surface area contributed by atoms with E-state index in [1.807, 2.05) is 25.2 Å². The zero-order valence-corrected chi connectivity index (χ0v) is 8.66. The van der Waals surface area contributed by atoms with Gasteiger partial charge < -0.3 is 15.0 Å². The van der Waals surface area contributed by atoms with Gasteiger partial charge in [0.05, 0.1) is 18.8 Å². The largest absolute Gasteiger partial charge is 0.495 e. The average molecular weight is 192 g/mol. The Balaban J connectivity index is 2.10. The molecule has 3 nitrogen and oxygen atoms in total. The van der Waals surface area contributed by atoms with Crippen molar-refractivity contribution in [1.82, 2.24) is 5.32 Å². The third kappa shape index (κ3) is 1.68. The fourth-order valence-corrected chi connectivity index (χ4v) is 1.75. The summed E-state index contributed by atoms with van der Waals surface area (Å²) in [7, 11) is 3.70. The van der Waals surface area contributed by atoms with E-state index in [9.17, 15) is 0 Å². The number of nitrogens with one attached hydrogen (secondary N) is 1. The quantitative estimate of drug-likeness (QED) is 0.723. The van der Waals surface area contributed by atoms with Crippen LogP contribution >= 0.6 is 0 Å². The zero-order valence-electron chi connectivity index (χ0n) is 8.66. The first-order chi connectivity index (χ1) is 6.86. The summed E-state index contributed by atoms with van der Waals surface area (Å²) in [5.74, 6) is 0.964. The fraction of sp³-hybridized carbons (Fsp3) is 0.455. The number of hydrogen-bond acceptors (Lipinski definition) is 3. The first-order valence-electron chi connectivity index (χ1n) is 4.91. The first kappa shape index (κ1) is 9.34. The molecule has 1 heterocycles. The molecule has 14 heavy (non-hydrogen) atoms. The summed E-state index contributed by atoms with van der Waals surface area (Å²) in [6.07, 6.45) is 0. The van der Waals surface area contributed by atoms with Crippen LogP contribution in [0.3, 0.4) is 0 Å². The molecule has 1 aliphatic heterocycles. The van der Waals surface area contributed by atoms with Gasteiger partial charge >= 0.3 is 0 Å². The minimum Gasteiger partial charge on any atom is -0.495 e. The number of benzene rings is 1. The average Bonchev–Trinajstić information content (AvgIpc) is 2.98. The molecule has 0 aromatic heterocycles. The molecule has 0 amide bonds. The normalized spacial score (nSPS) is 19.6. The first-order valence-corrected chi connectivity index (χ1v) is 4.91. The summed E-state index contributed by atoms with van der Waals surface area (Å²) in [6.45, 7) is 2.17. The summed E-state index contributed by atoms with van der Waals surface area (Å²) in [4.78, 5) is 2.34. The van der Waals surface area contributed by atoms with Crippen molar-refractivity contribution < 1.29 is 4.74 Å². The highest BCUT2D eigenvalue weighted by Gasteiger charge is 2.34. The van der Waals surface area contributed by atoms with Crippen molar-refractivity contribution in [2.75, 3.05) is 32.1 Å². The lowest BCUT2D eigenvalue weighted by Crippen LogP contribution is -2.17. The van der Waals surface area contributed by atoms with Crippen molar-refractivity contribution in [3.8, 4) is 5.75 Å². The maximum atomic E-state index is 5.31. The molecule has 1 aromatic rings. The molecule has 2 rings (SSSR count). The summed E-state index contributed by atoms with van der Waals surface area (Å²) >= 11 is 0. The third-order valence-electron chi connectivity index (χ3n) is 2.55. The highest BCUT2D eigenvalue weighted by molar-refractivity contribution is 5.63. The highest BCUT2D eigenvalue weighted by atomic mass is 16.5. The van der Waals surface area contributed by atoms with E-state index in [0.717, 1.165) is 18.8 Å². The second kappa shape index (κ2) is 3.88. The molecule has 0 spiro atoms. The van der Waals surface area contributed by atoms with Crippen molar-refractivity contribution >= 4 is 5.69 Å². The Kier molecular flexibility index (Phi) is 2.59. The number of para-hydroxylation sites is 2. The molecule has 76 valence electrons. The second-order valence-corrected chi connectivity index (χ2v) is 3.54. The minimum atomic E-state index is 0.635. The van der Waals surface area contributed by atoms with Gasteiger partial charge in [-0.15, -0.1) is 0 Å². The van der Waals surface area contributed by atoms with E-state index in [-0.39, 0.29) is 0 Å². The molecule has 0 radical (unpaired) electrons. The molecule has 1 fully saturated rings. The van der Waals surface area contributed by atoms with Crippen LogP contribution in [0.5, 0.6) is 5.75 Å².